The van der Waals surface area contributed by atoms with Gasteiger partial charge in [-0.25, -0.2) is 4.39 Å². The third-order valence-electron chi connectivity index (χ3n) is 2.80. The van der Waals surface area contributed by atoms with Crippen molar-refractivity contribution in [1.29, 1.82) is 0 Å². The second-order valence-corrected chi connectivity index (χ2v) is 7.60. The lowest BCUT2D eigenvalue weighted by Crippen LogP contribution is -2.40. The third-order valence-corrected chi connectivity index (χ3v) is 4.40. The molecule has 1 aromatic carbocycles. The number of rotatable bonds is 5. The van der Waals surface area contributed by atoms with E-state index in [4.69, 9.17) is 6.48 Å². The van der Waals surface area contributed by atoms with Gasteiger partial charge in [0.05, 0.1) is 13.0 Å². The molecule has 1 rings (SSSR count). The van der Waals surface area contributed by atoms with Crippen molar-refractivity contribution < 1.29 is 24.2 Å². The molecule has 2 atom stereocenters. The number of benzene rings is 1. The standard InChI is InChI=1S/C14H20F3NO2S/c1-9(18-21(20)13(2,3)4)10-6-5-7-11(12(10)15)14(16,17)8-19/h5-7,9,18-19H,8H2,1-4H3/t9-,21?/m1/s1/i9D. The molecule has 0 spiro atoms. The van der Waals surface area contributed by atoms with Crippen molar-refractivity contribution in [2.45, 2.75) is 44.4 Å². The van der Waals surface area contributed by atoms with Crippen molar-refractivity contribution in [1.82, 2.24) is 4.72 Å². The number of alkyl halides is 2. The number of aliphatic hydroxyl groups is 1. The van der Waals surface area contributed by atoms with Crippen LogP contribution in [0.3, 0.4) is 0 Å². The minimum Gasteiger partial charge on any atom is -0.598 e. The normalized spacial score (nSPS) is 18.0. The molecule has 1 aromatic rings. The molecule has 21 heavy (non-hydrogen) atoms. The molecule has 0 bridgehead atoms. The molecule has 0 amide bonds. The largest absolute Gasteiger partial charge is 0.598 e. The van der Waals surface area contributed by atoms with Crippen LogP contribution in [-0.2, 0) is 17.3 Å². The lowest BCUT2D eigenvalue weighted by molar-refractivity contribution is -0.0584. The third kappa shape index (κ3) is 4.35. The molecule has 0 aromatic heterocycles. The Kier molecular flexibility index (Phi) is 5.19. The van der Waals surface area contributed by atoms with E-state index in [9.17, 15) is 17.7 Å². The second kappa shape index (κ2) is 6.56. The summed E-state index contributed by atoms with van der Waals surface area (Å²) in [6.07, 6.45) is 0. The Balaban J connectivity index is 3.24. The van der Waals surface area contributed by atoms with Gasteiger partial charge in [0.1, 0.15) is 17.2 Å². The quantitative estimate of drug-likeness (QED) is 0.819. The maximum absolute atomic E-state index is 14.3. The molecule has 0 saturated carbocycles. The molecular weight excluding hydrogens is 303 g/mol. The van der Waals surface area contributed by atoms with E-state index >= 15 is 0 Å². The molecular formula is C14H20F3NO2S. The maximum atomic E-state index is 14.3. The Hall–Kier alpha value is -0.760. The Bertz CT molecular complexity index is 535. The van der Waals surface area contributed by atoms with Crippen LogP contribution < -0.4 is 4.72 Å². The van der Waals surface area contributed by atoms with Gasteiger partial charge in [-0.15, -0.1) is 4.72 Å². The smallest absolute Gasteiger partial charge is 0.298 e. The van der Waals surface area contributed by atoms with E-state index in [1.165, 1.54) is 19.1 Å². The van der Waals surface area contributed by atoms with Crippen molar-refractivity contribution in [3.63, 3.8) is 0 Å². The molecule has 0 saturated heterocycles. The van der Waals surface area contributed by atoms with Crippen LogP contribution in [0.15, 0.2) is 18.2 Å². The van der Waals surface area contributed by atoms with Gasteiger partial charge in [-0.05, 0) is 33.8 Å². The van der Waals surface area contributed by atoms with Crippen molar-refractivity contribution in [2.24, 2.45) is 0 Å². The summed E-state index contributed by atoms with van der Waals surface area (Å²) in [7, 11) is 0. The predicted molar refractivity (Wildman–Crippen MR) is 76.8 cm³/mol. The number of aliphatic hydroxyl groups excluding tert-OH is 1. The number of nitrogens with one attached hydrogen (secondary N) is 1. The van der Waals surface area contributed by atoms with Gasteiger partial charge >= 0.3 is 0 Å². The minimum atomic E-state index is -3.75. The highest BCUT2D eigenvalue weighted by molar-refractivity contribution is 7.90. The van der Waals surface area contributed by atoms with E-state index in [0.29, 0.717) is 0 Å². The Morgan fingerprint density at radius 1 is 1.43 bits per heavy atom. The van der Waals surface area contributed by atoms with Gasteiger partial charge in [-0.3, -0.25) is 0 Å². The van der Waals surface area contributed by atoms with Crippen LogP contribution in [0.1, 0.15) is 46.2 Å². The molecule has 7 heteroatoms. The summed E-state index contributed by atoms with van der Waals surface area (Å²) in [6, 6.07) is 1.33. The van der Waals surface area contributed by atoms with Gasteiger partial charge in [0.15, 0.2) is 0 Å². The van der Waals surface area contributed by atoms with Crippen LogP contribution in [0.2, 0.25) is 0 Å². The summed E-state index contributed by atoms with van der Waals surface area (Å²) in [4.78, 5) is 0. The summed E-state index contributed by atoms with van der Waals surface area (Å²) in [5.41, 5.74) is -1.36. The van der Waals surface area contributed by atoms with Crippen LogP contribution in [0, 0.1) is 5.82 Å². The summed E-state index contributed by atoms with van der Waals surface area (Å²) in [5.74, 6) is -5.04. The topological polar surface area (TPSA) is 55.3 Å². The highest BCUT2D eigenvalue weighted by atomic mass is 32.2. The monoisotopic (exact) mass is 324 g/mol. The van der Waals surface area contributed by atoms with Gasteiger partial charge < -0.3 is 9.66 Å². The highest BCUT2D eigenvalue weighted by Crippen LogP contribution is 2.32. The first-order chi connectivity index (χ1) is 9.83. The maximum Gasteiger partial charge on any atom is 0.298 e. The molecule has 1 unspecified atom stereocenters. The van der Waals surface area contributed by atoms with Gasteiger partial charge in [-0.1, -0.05) is 12.1 Å². The zero-order valence-electron chi connectivity index (χ0n) is 13.3. The lowest BCUT2D eigenvalue weighted by Gasteiger charge is -2.27. The van der Waals surface area contributed by atoms with E-state index in [1.54, 1.807) is 20.8 Å². The van der Waals surface area contributed by atoms with Crippen molar-refractivity contribution >= 4 is 11.4 Å². The van der Waals surface area contributed by atoms with Crippen molar-refractivity contribution in [3.8, 4) is 0 Å². The first-order valence-corrected chi connectivity index (χ1v) is 7.46. The fourth-order valence-electron chi connectivity index (χ4n) is 1.54. The number of halogens is 3. The molecule has 3 nitrogen and oxygen atoms in total. The molecule has 0 heterocycles. The molecule has 0 aliphatic heterocycles. The summed E-state index contributed by atoms with van der Waals surface area (Å²) in [6.45, 7) is 4.69. The summed E-state index contributed by atoms with van der Waals surface area (Å²) < 4.78 is 63.4. The van der Waals surface area contributed by atoms with Gasteiger partial charge in [0.25, 0.3) is 5.92 Å². The van der Waals surface area contributed by atoms with Crippen LogP contribution in [0.25, 0.3) is 0 Å². The van der Waals surface area contributed by atoms with Crippen LogP contribution in [0.4, 0.5) is 13.2 Å². The zero-order chi connectivity index (χ0) is 17.3. The SMILES string of the molecule is [2H][C@](C)(N[S+]([O-])C(C)(C)C)c1cccc(C(F)(F)CO)c1F. The first kappa shape index (κ1) is 16.6. The second-order valence-electron chi connectivity index (χ2n) is 5.64. The minimum absolute atomic E-state index is 0.365. The van der Waals surface area contributed by atoms with Crippen LogP contribution >= 0.6 is 0 Å². The van der Waals surface area contributed by atoms with Crippen LogP contribution in [-0.4, -0.2) is 21.0 Å². The fraction of sp³-hybridized carbons (Fsp3) is 0.571. The Labute approximate surface area is 127 Å². The van der Waals surface area contributed by atoms with Crippen molar-refractivity contribution in [2.75, 3.05) is 6.61 Å². The van der Waals surface area contributed by atoms with E-state index in [1.807, 2.05) is 0 Å². The fourth-order valence-corrected chi connectivity index (χ4v) is 2.23. The van der Waals surface area contributed by atoms with E-state index in [0.717, 1.165) is 6.07 Å². The molecule has 120 valence electrons. The van der Waals surface area contributed by atoms with Crippen molar-refractivity contribution in [3.05, 3.63) is 35.1 Å². The van der Waals surface area contributed by atoms with Gasteiger partial charge in [0, 0.05) is 16.9 Å². The summed E-state index contributed by atoms with van der Waals surface area (Å²) in [5, 5.41) is 8.69. The average molecular weight is 324 g/mol. The molecule has 0 fully saturated rings. The first-order valence-electron chi connectivity index (χ1n) is 6.81. The molecule has 0 aliphatic carbocycles. The van der Waals surface area contributed by atoms with Gasteiger partial charge in [0.2, 0.25) is 0 Å². The van der Waals surface area contributed by atoms with E-state index < -0.39 is 46.0 Å². The molecule has 0 radical (unpaired) electrons. The highest BCUT2D eigenvalue weighted by Gasteiger charge is 2.36. The van der Waals surface area contributed by atoms with E-state index in [-0.39, 0.29) is 5.56 Å². The van der Waals surface area contributed by atoms with Crippen LogP contribution in [0.5, 0.6) is 0 Å². The molecule has 2 N–H and O–H groups in total. The average Bonchev–Trinajstić information content (AvgIpc) is 2.36. The van der Waals surface area contributed by atoms with Gasteiger partial charge in [-0.2, -0.15) is 8.78 Å². The molecule has 0 aliphatic rings. The Morgan fingerprint density at radius 3 is 2.48 bits per heavy atom. The number of hydrogen-bond donors (Lipinski definition) is 2. The lowest BCUT2D eigenvalue weighted by atomic mass is 10.0. The zero-order valence-corrected chi connectivity index (χ0v) is 13.2. The predicted octanol–water partition coefficient (Wildman–Crippen LogP) is 3.02. The van der Waals surface area contributed by atoms with E-state index in [2.05, 4.69) is 4.72 Å². The number of hydrogen-bond acceptors (Lipinski definition) is 3. The summed E-state index contributed by atoms with van der Waals surface area (Å²) >= 11 is -1.69. The Morgan fingerprint density at radius 2 is 2.00 bits per heavy atom.